The molecule has 1 nitrogen and oxygen atoms in total. The van der Waals surface area contributed by atoms with Gasteiger partial charge in [-0.3, -0.25) is 0 Å². The Hall–Kier alpha value is -2.64. The zero-order valence-corrected chi connectivity index (χ0v) is 14.5. The molecule has 0 aliphatic carbocycles. The Morgan fingerprint density at radius 3 is 1.44 bits per heavy atom. The first-order chi connectivity index (χ1) is 12.4. The molecule has 1 heteroatoms. The van der Waals surface area contributed by atoms with Gasteiger partial charge in [0, 0.05) is 6.61 Å². The molecule has 3 rings (SSSR count). The molecule has 3 aromatic carbocycles. The maximum atomic E-state index is 6.64. The second-order valence-corrected chi connectivity index (χ2v) is 6.06. The quantitative estimate of drug-likeness (QED) is 0.281. The summed E-state index contributed by atoms with van der Waals surface area (Å²) in [6, 6.07) is 31.4. The molecule has 0 aliphatic heterocycles. The standard InChI is InChI=1S/C24H24O/c1-2-3-13-20-25-24(21-14-7-4-8-15-21,22-16-9-5-10-17-22)23-18-11-6-12-19-23/h2,4-12,14-19H,1,3,13,20H2. The summed E-state index contributed by atoms with van der Waals surface area (Å²) in [4.78, 5) is 0. The van der Waals surface area contributed by atoms with Crippen molar-refractivity contribution in [3.05, 3.63) is 120 Å². The number of rotatable bonds is 8. The summed E-state index contributed by atoms with van der Waals surface area (Å²) in [7, 11) is 0. The summed E-state index contributed by atoms with van der Waals surface area (Å²) < 4.78 is 6.64. The average molecular weight is 328 g/mol. The van der Waals surface area contributed by atoms with Gasteiger partial charge in [0.1, 0.15) is 5.60 Å². The van der Waals surface area contributed by atoms with Crippen molar-refractivity contribution in [1.82, 2.24) is 0 Å². The Morgan fingerprint density at radius 2 is 1.08 bits per heavy atom. The van der Waals surface area contributed by atoms with E-state index in [1.165, 1.54) is 0 Å². The van der Waals surface area contributed by atoms with Gasteiger partial charge in [0.15, 0.2) is 0 Å². The number of benzene rings is 3. The summed E-state index contributed by atoms with van der Waals surface area (Å²) in [5, 5.41) is 0. The van der Waals surface area contributed by atoms with Crippen molar-refractivity contribution in [2.75, 3.05) is 6.61 Å². The molecular weight excluding hydrogens is 304 g/mol. The van der Waals surface area contributed by atoms with Gasteiger partial charge < -0.3 is 4.74 Å². The molecule has 0 saturated carbocycles. The van der Waals surface area contributed by atoms with Crippen LogP contribution in [0.4, 0.5) is 0 Å². The first-order valence-corrected chi connectivity index (χ1v) is 8.79. The Labute approximate surface area is 150 Å². The molecule has 0 fully saturated rings. The Kier molecular flexibility index (Phi) is 5.81. The van der Waals surface area contributed by atoms with Crippen molar-refractivity contribution in [3.8, 4) is 0 Å². The highest BCUT2D eigenvalue weighted by atomic mass is 16.5. The minimum absolute atomic E-state index is 0.606. The maximum absolute atomic E-state index is 6.64. The normalized spacial score (nSPS) is 11.2. The molecule has 3 aromatic rings. The molecule has 0 atom stereocenters. The fourth-order valence-corrected chi connectivity index (χ4v) is 3.22. The Bertz CT molecular complexity index is 666. The molecule has 0 spiro atoms. The van der Waals surface area contributed by atoms with Crippen molar-refractivity contribution >= 4 is 0 Å². The number of ether oxygens (including phenoxy) is 1. The highest BCUT2D eigenvalue weighted by Crippen LogP contribution is 2.40. The Morgan fingerprint density at radius 1 is 0.680 bits per heavy atom. The van der Waals surface area contributed by atoms with Crippen LogP contribution in [0.3, 0.4) is 0 Å². The third-order valence-electron chi connectivity index (χ3n) is 4.41. The maximum Gasteiger partial charge on any atom is 0.143 e. The molecule has 0 unspecified atom stereocenters. The molecule has 0 radical (unpaired) electrons. The summed E-state index contributed by atoms with van der Waals surface area (Å²) in [6.07, 6.45) is 3.85. The van der Waals surface area contributed by atoms with Gasteiger partial charge in [-0.1, -0.05) is 97.1 Å². The molecule has 0 heterocycles. The van der Waals surface area contributed by atoms with E-state index in [1.54, 1.807) is 0 Å². The average Bonchev–Trinajstić information content (AvgIpc) is 2.70. The summed E-state index contributed by atoms with van der Waals surface area (Å²) >= 11 is 0. The van der Waals surface area contributed by atoms with Gasteiger partial charge in [0.25, 0.3) is 0 Å². The van der Waals surface area contributed by atoms with Gasteiger partial charge in [-0.25, -0.2) is 0 Å². The van der Waals surface area contributed by atoms with Crippen molar-refractivity contribution < 1.29 is 4.74 Å². The smallest absolute Gasteiger partial charge is 0.143 e. The van der Waals surface area contributed by atoms with Crippen LogP contribution >= 0.6 is 0 Å². The lowest BCUT2D eigenvalue weighted by molar-refractivity contribution is 0.0119. The third kappa shape index (κ3) is 3.72. The van der Waals surface area contributed by atoms with Gasteiger partial charge >= 0.3 is 0 Å². The van der Waals surface area contributed by atoms with Crippen LogP contribution in [0, 0.1) is 0 Å². The van der Waals surface area contributed by atoms with E-state index in [4.69, 9.17) is 4.74 Å². The number of hydrogen-bond acceptors (Lipinski definition) is 1. The lowest BCUT2D eigenvalue weighted by atomic mass is 9.80. The van der Waals surface area contributed by atoms with Gasteiger partial charge in [-0.05, 0) is 29.5 Å². The molecule has 0 N–H and O–H groups in total. The van der Waals surface area contributed by atoms with E-state index >= 15 is 0 Å². The predicted molar refractivity (Wildman–Crippen MR) is 105 cm³/mol. The fraction of sp³-hybridized carbons (Fsp3) is 0.167. The highest BCUT2D eigenvalue weighted by molar-refractivity contribution is 5.47. The molecule has 0 saturated heterocycles. The first kappa shape index (κ1) is 17.2. The van der Waals surface area contributed by atoms with E-state index in [-0.39, 0.29) is 0 Å². The second kappa shape index (κ2) is 8.46. The topological polar surface area (TPSA) is 9.23 Å². The minimum atomic E-state index is -0.606. The van der Waals surface area contributed by atoms with Crippen molar-refractivity contribution in [3.63, 3.8) is 0 Å². The minimum Gasteiger partial charge on any atom is -0.361 e. The van der Waals surface area contributed by atoms with E-state index in [2.05, 4.69) is 79.4 Å². The van der Waals surface area contributed by atoms with Crippen LogP contribution in [0.15, 0.2) is 104 Å². The van der Waals surface area contributed by atoms with Gasteiger partial charge in [-0.2, -0.15) is 0 Å². The predicted octanol–water partition coefficient (Wildman–Crippen LogP) is 5.96. The van der Waals surface area contributed by atoms with E-state index < -0.39 is 5.60 Å². The summed E-state index contributed by atoms with van der Waals surface area (Å²) in [5.74, 6) is 0. The van der Waals surface area contributed by atoms with Crippen LogP contribution in [-0.2, 0) is 10.3 Å². The number of allylic oxidation sites excluding steroid dienone is 1. The largest absolute Gasteiger partial charge is 0.361 e. The van der Waals surface area contributed by atoms with Crippen LogP contribution in [0.5, 0.6) is 0 Å². The Balaban J connectivity index is 2.15. The zero-order chi connectivity index (χ0) is 17.4. The molecule has 0 bridgehead atoms. The SMILES string of the molecule is C=CCCCOC(c1ccccc1)(c1ccccc1)c1ccccc1. The zero-order valence-electron chi connectivity index (χ0n) is 14.5. The molecule has 126 valence electrons. The lowest BCUT2D eigenvalue weighted by Crippen LogP contribution is -2.33. The van der Waals surface area contributed by atoms with E-state index in [0.29, 0.717) is 6.61 Å². The van der Waals surface area contributed by atoms with Crippen molar-refractivity contribution in [2.45, 2.75) is 18.4 Å². The second-order valence-electron chi connectivity index (χ2n) is 6.06. The van der Waals surface area contributed by atoms with Crippen LogP contribution < -0.4 is 0 Å². The third-order valence-corrected chi connectivity index (χ3v) is 4.41. The number of hydrogen-bond donors (Lipinski definition) is 0. The fourth-order valence-electron chi connectivity index (χ4n) is 3.22. The first-order valence-electron chi connectivity index (χ1n) is 8.79. The summed E-state index contributed by atoms with van der Waals surface area (Å²) in [6.45, 7) is 4.48. The van der Waals surface area contributed by atoms with Gasteiger partial charge in [0.05, 0.1) is 0 Å². The van der Waals surface area contributed by atoms with Crippen LogP contribution in [0.25, 0.3) is 0 Å². The molecule has 0 aliphatic rings. The summed E-state index contributed by atoms with van der Waals surface area (Å²) in [5.41, 5.74) is 2.83. The van der Waals surface area contributed by atoms with Gasteiger partial charge in [0.2, 0.25) is 0 Å². The van der Waals surface area contributed by atoms with E-state index in [1.807, 2.05) is 24.3 Å². The molecule has 0 amide bonds. The van der Waals surface area contributed by atoms with Crippen LogP contribution in [0.2, 0.25) is 0 Å². The molecule has 0 aromatic heterocycles. The monoisotopic (exact) mass is 328 g/mol. The van der Waals surface area contributed by atoms with Crippen molar-refractivity contribution in [2.24, 2.45) is 0 Å². The molecule has 25 heavy (non-hydrogen) atoms. The van der Waals surface area contributed by atoms with Crippen molar-refractivity contribution in [1.29, 1.82) is 0 Å². The van der Waals surface area contributed by atoms with Crippen LogP contribution in [-0.4, -0.2) is 6.61 Å². The van der Waals surface area contributed by atoms with Gasteiger partial charge in [-0.15, -0.1) is 6.58 Å². The number of unbranched alkanes of at least 4 members (excludes halogenated alkanes) is 1. The van der Waals surface area contributed by atoms with Crippen LogP contribution in [0.1, 0.15) is 29.5 Å². The van der Waals surface area contributed by atoms with E-state index in [9.17, 15) is 0 Å². The highest BCUT2D eigenvalue weighted by Gasteiger charge is 2.37. The lowest BCUT2D eigenvalue weighted by Gasteiger charge is -2.36. The van der Waals surface area contributed by atoms with E-state index in [0.717, 1.165) is 29.5 Å². The molecular formula is C24H24O.